The molecule has 3 fully saturated rings. The summed E-state index contributed by atoms with van der Waals surface area (Å²) >= 11 is 1.88. The number of nitrogens with two attached hydrogens (primary N) is 1. The molecule has 0 aliphatic carbocycles. The van der Waals surface area contributed by atoms with Crippen LogP contribution < -0.4 is 38.0 Å². The molecule has 7 atom stereocenters. The number of phosphoric acid groups is 2. The van der Waals surface area contributed by atoms with Crippen molar-refractivity contribution in [3.05, 3.63) is 22.2 Å². The number of rotatable bonds is 37. The first-order chi connectivity index (χ1) is 33.4. The number of aliphatic hydroxyl groups is 1. The molecule has 70 heavy (non-hydrogen) atoms. The molecule has 0 saturated carbocycles. The monoisotopic (exact) mass is 1100 g/mol. The largest absolute Gasteiger partial charge is 0.470 e. The van der Waals surface area contributed by atoms with Gasteiger partial charge in [0.1, 0.15) is 24.1 Å². The van der Waals surface area contributed by atoms with Crippen molar-refractivity contribution >= 4 is 78.6 Å². The minimum Gasteiger partial charge on any atom is -0.386 e. The normalized spacial score (nSPS) is 22.1. The van der Waals surface area contributed by atoms with Crippen LogP contribution in [0, 0.1) is 0 Å². The van der Waals surface area contributed by atoms with Crippen LogP contribution in [0.4, 0.5) is 10.6 Å². The van der Waals surface area contributed by atoms with Crippen LogP contribution in [0.25, 0.3) is 0 Å². The molecule has 1 aromatic heterocycles. The summed E-state index contributed by atoms with van der Waals surface area (Å²) in [7, 11) is -7.31. The highest BCUT2D eigenvalue weighted by Gasteiger charge is 2.49. The van der Waals surface area contributed by atoms with Gasteiger partial charge in [-0.15, -0.1) is 0 Å². The van der Waals surface area contributed by atoms with Crippen LogP contribution in [0.3, 0.4) is 0 Å². The minimum atomic E-state index is -5.24. The van der Waals surface area contributed by atoms with E-state index in [0.717, 1.165) is 29.6 Å². The molecule has 3 aliphatic heterocycles. The number of hydrogen-bond acceptors (Lipinski definition) is 20. The lowest BCUT2D eigenvalue weighted by Crippen LogP contribution is -2.38. The molecule has 3 saturated heterocycles. The van der Waals surface area contributed by atoms with Crippen molar-refractivity contribution in [3.8, 4) is 0 Å². The van der Waals surface area contributed by atoms with Crippen molar-refractivity contribution in [2.75, 3.05) is 102 Å². The quantitative estimate of drug-likeness (QED) is 0.0163. The summed E-state index contributed by atoms with van der Waals surface area (Å²) in [5.41, 5.74) is 5.23. The molecule has 1 aromatic rings. The van der Waals surface area contributed by atoms with Crippen molar-refractivity contribution < 1.29 is 85.7 Å². The highest BCUT2D eigenvalue weighted by molar-refractivity contribution is 8.76. The maximum atomic E-state index is 12.7. The van der Waals surface area contributed by atoms with Gasteiger partial charge < -0.3 is 80.7 Å². The number of amides is 5. The van der Waals surface area contributed by atoms with Gasteiger partial charge in [-0.1, -0.05) is 28.0 Å². The molecule has 0 aromatic carbocycles. The van der Waals surface area contributed by atoms with Gasteiger partial charge >= 0.3 is 27.4 Å². The molecule has 5 amide bonds. The fourth-order valence-electron chi connectivity index (χ4n) is 7.16. The first-order valence-electron chi connectivity index (χ1n) is 22.6. The second kappa shape index (κ2) is 31.9. The number of aryl methyl sites for hydroxylation is 1. The third-order valence-electron chi connectivity index (χ3n) is 10.5. The first-order valence-corrected chi connectivity index (χ1v) is 29.2. The number of unbranched alkanes of at least 4 members (excludes halogenated alkanes) is 1. The molecule has 0 bridgehead atoms. The van der Waals surface area contributed by atoms with Crippen molar-refractivity contribution in [2.45, 2.75) is 93.2 Å². The maximum Gasteiger partial charge on any atom is 0.470 e. The fraction of sp³-hybridized carbons (Fsp3) is 0.789. The number of hydrogen-bond donors (Lipinski definition) is 11. The predicted molar refractivity (Wildman–Crippen MR) is 256 cm³/mol. The SMILES string of the molecule is Nc1nc(=O)n([C@@H]2O[C@H](COP(=O)(O)O)[C@H](OP(=O)(O)O)C2O)cc1CCCNC(=O)CCSSCCNC(=O)CCOCCOCCOCCOCCNC(=O)CCCC[C@@H]1SC[C@@H]2NC(=O)N[C@@H]21. The van der Waals surface area contributed by atoms with Gasteiger partial charge in [0.05, 0.1) is 71.5 Å². The van der Waals surface area contributed by atoms with E-state index in [1.165, 1.54) is 27.8 Å². The van der Waals surface area contributed by atoms with Gasteiger partial charge in [0, 0.05) is 73.2 Å². The van der Waals surface area contributed by atoms with Gasteiger partial charge in [-0.3, -0.25) is 28.0 Å². The second-order valence-electron chi connectivity index (χ2n) is 15.9. The van der Waals surface area contributed by atoms with Gasteiger partial charge in [-0.2, -0.15) is 16.7 Å². The smallest absolute Gasteiger partial charge is 0.386 e. The van der Waals surface area contributed by atoms with Crippen molar-refractivity contribution in [2.24, 2.45) is 0 Å². The topological polar surface area (TPSA) is 389 Å². The van der Waals surface area contributed by atoms with Gasteiger partial charge in [0.25, 0.3) is 0 Å². The van der Waals surface area contributed by atoms with Crippen LogP contribution in [-0.4, -0.2) is 190 Å². The molecule has 4 heterocycles. The van der Waals surface area contributed by atoms with Crippen LogP contribution in [0.2, 0.25) is 0 Å². The van der Waals surface area contributed by atoms with Gasteiger partial charge in [-0.25, -0.2) is 18.7 Å². The lowest BCUT2D eigenvalue weighted by molar-refractivity contribution is -0.122. The summed E-state index contributed by atoms with van der Waals surface area (Å²) in [6.07, 6.45) is -1.62. The average molecular weight is 1100 g/mol. The number of nitrogen functional groups attached to an aromatic ring is 1. The van der Waals surface area contributed by atoms with E-state index in [9.17, 15) is 48.0 Å². The number of phosphoric ester groups is 2. The molecule has 0 radical (unpaired) electrons. The summed E-state index contributed by atoms with van der Waals surface area (Å²) in [6.45, 7) is 3.09. The molecule has 12 N–H and O–H groups in total. The number of carbonyl (C=O) groups is 4. The van der Waals surface area contributed by atoms with Gasteiger partial charge in [0.15, 0.2) is 6.23 Å². The number of fused-ring (bicyclic) bond motifs is 1. The van der Waals surface area contributed by atoms with Crippen molar-refractivity contribution in [1.29, 1.82) is 0 Å². The Morgan fingerprint density at radius 2 is 1.44 bits per heavy atom. The van der Waals surface area contributed by atoms with Gasteiger partial charge in [-0.05, 0) is 25.7 Å². The van der Waals surface area contributed by atoms with Crippen LogP contribution >= 0.6 is 49.0 Å². The Morgan fingerprint density at radius 1 is 0.814 bits per heavy atom. The standard InChI is InChI=1S/C38H66N8O19P2S3/c39-35-25(22-46(38(52)45-35)36-33(50)34(65-67(56,57)58)27(64-36)23-63-66(53,54)55)4-3-9-40-31(49)8-20-69-70-21-11-42-30(48)7-12-59-14-16-61-18-19-62-17-15-60-13-10-41-29(47)6-2-1-5-28-32-26(24-68-28)43-37(51)44-32/h22,26-28,32-34,36,50H,1-21,23-24H2,(H,40,49)(H,41,47)(H,42,48)(H2,39,45,52)(H2,43,44,51)(H2,53,54,55)(H2,56,57,58)/t26-,27+,28-,32-,33?,34-,36+/m0/s1. The third kappa shape index (κ3) is 23.5. The zero-order valence-corrected chi connectivity index (χ0v) is 42.7. The van der Waals surface area contributed by atoms with E-state index >= 15 is 0 Å². The number of aromatic nitrogens is 2. The van der Waals surface area contributed by atoms with E-state index in [0.29, 0.717) is 94.5 Å². The Balaban J connectivity index is 0.900. The van der Waals surface area contributed by atoms with E-state index in [1.54, 1.807) is 0 Å². The molecule has 1 unspecified atom stereocenters. The molecular weight excluding hydrogens is 1030 g/mol. The molecule has 4 rings (SSSR count). The zero-order chi connectivity index (χ0) is 50.9. The summed E-state index contributed by atoms with van der Waals surface area (Å²) in [6, 6.07) is 0.322. The Morgan fingerprint density at radius 3 is 2.14 bits per heavy atom. The Kier molecular flexibility index (Phi) is 27.3. The summed E-state index contributed by atoms with van der Waals surface area (Å²) in [5.74, 6) is 1.60. The predicted octanol–water partition coefficient (Wildman–Crippen LogP) is -1.09. The van der Waals surface area contributed by atoms with Crippen molar-refractivity contribution in [3.63, 3.8) is 0 Å². The molecule has 32 heteroatoms. The number of thioether (sulfide) groups is 1. The van der Waals surface area contributed by atoms with Crippen LogP contribution in [-0.2, 0) is 62.7 Å². The average Bonchev–Trinajstić information content (AvgIpc) is 3.95. The fourth-order valence-corrected chi connectivity index (χ4v) is 11.5. The third-order valence-corrected chi connectivity index (χ3v) is 15.4. The van der Waals surface area contributed by atoms with E-state index in [2.05, 4.69) is 40.6 Å². The number of aliphatic hydroxyl groups excluding tert-OH is 1. The lowest BCUT2D eigenvalue weighted by Gasteiger charge is -2.21. The zero-order valence-electron chi connectivity index (χ0n) is 38.4. The number of ether oxygens (including phenoxy) is 5. The van der Waals surface area contributed by atoms with E-state index in [1.807, 2.05) is 11.8 Å². The van der Waals surface area contributed by atoms with Gasteiger partial charge in [0.2, 0.25) is 17.7 Å². The van der Waals surface area contributed by atoms with Crippen molar-refractivity contribution in [1.82, 2.24) is 36.1 Å². The first kappa shape index (κ1) is 59.9. The number of nitrogens with one attached hydrogen (secondary N) is 5. The lowest BCUT2D eigenvalue weighted by atomic mass is 10.0. The summed E-state index contributed by atoms with van der Waals surface area (Å²) < 4.78 is 59.8. The van der Waals surface area contributed by atoms with E-state index in [-0.39, 0.29) is 74.1 Å². The Hall–Kier alpha value is -2.61. The highest BCUT2D eigenvalue weighted by atomic mass is 33.1. The minimum absolute atomic E-state index is 0.00393. The highest BCUT2D eigenvalue weighted by Crippen LogP contribution is 2.45. The number of carbonyl (C=O) groups excluding carboxylic acids is 4. The van der Waals surface area contributed by atoms with Crippen LogP contribution in [0.1, 0.15) is 56.7 Å². The number of anilines is 1. The summed E-state index contributed by atoms with van der Waals surface area (Å²) in [4.78, 5) is 101. The van der Waals surface area contributed by atoms with Crippen LogP contribution in [0.15, 0.2) is 11.0 Å². The number of nitrogens with zero attached hydrogens (tertiary/aromatic N) is 2. The molecular formula is C38H66N8O19P2S3. The molecule has 27 nitrogen and oxygen atoms in total. The Bertz CT molecular complexity index is 1960. The van der Waals surface area contributed by atoms with E-state index in [4.69, 9.17) is 39.2 Å². The molecule has 400 valence electrons. The second-order valence-corrected chi connectivity index (χ2v) is 22.3. The maximum absolute atomic E-state index is 12.7. The molecule has 0 spiro atoms. The molecule has 3 aliphatic rings. The summed E-state index contributed by atoms with van der Waals surface area (Å²) in [5, 5.41) is 25.6. The number of urea groups is 1. The van der Waals surface area contributed by atoms with E-state index < -0.39 is 52.5 Å². The Labute approximate surface area is 416 Å². The van der Waals surface area contributed by atoms with Crippen LogP contribution in [0.5, 0.6) is 0 Å².